The first-order valence-electron chi connectivity index (χ1n) is 28.8. The summed E-state index contributed by atoms with van der Waals surface area (Å²) in [4.78, 5) is 59.3. The third kappa shape index (κ3) is 10.2. The van der Waals surface area contributed by atoms with Crippen molar-refractivity contribution in [3.63, 3.8) is 0 Å². The summed E-state index contributed by atoms with van der Waals surface area (Å²) >= 11 is 0. The molecule has 7 aliphatic rings. The van der Waals surface area contributed by atoms with Gasteiger partial charge >= 0.3 is 12.1 Å². The van der Waals surface area contributed by atoms with Crippen molar-refractivity contribution >= 4 is 62.0 Å². The second kappa shape index (κ2) is 22.1. The average molecular weight is 1080 g/mol. The van der Waals surface area contributed by atoms with E-state index in [0.717, 1.165) is 120 Å². The molecule has 6 fully saturated rings. The number of amides is 3. The van der Waals surface area contributed by atoms with Gasteiger partial charge < -0.3 is 34.0 Å². The maximum atomic E-state index is 17.0. The Kier molecular flexibility index (Phi) is 14.8. The molecule has 0 saturated carbocycles. The van der Waals surface area contributed by atoms with Gasteiger partial charge in [-0.05, 0) is 168 Å². The molecule has 10 heterocycles. The third-order valence-corrected chi connectivity index (χ3v) is 18.4. The van der Waals surface area contributed by atoms with Crippen LogP contribution >= 0.6 is 0 Å². The van der Waals surface area contributed by atoms with E-state index in [0.29, 0.717) is 90.2 Å². The molecule has 6 saturated heterocycles. The molecule has 0 aliphatic carbocycles. The zero-order chi connectivity index (χ0) is 54.5. The number of carbonyl (C=O) groups is 3. The van der Waals surface area contributed by atoms with E-state index in [1.54, 1.807) is 12.1 Å². The van der Waals surface area contributed by atoms with Gasteiger partial charge in [-0.1, -0.05) is 13.0 Å². The molecule has 13 rings (SSSR count). The van der Waals surface area contributed by atoms with Crippen molar-refractivity contribution in [3.8, 4) is 23.0 Å². The van der Waals surface area contributed by atoms with E-state index in [-0.39, 0.29) is 64.2 Å². The first kappa shape index (κ1) is 52.9. The predicted octanol–water partition coefficient (Wildman–Crippen LogP) is 9.12. The van der Waals surface area contributed by atoms with Crippen LogP contribution in [0.25, 0.3) is 43.8 Å². The Morgan fingerprint density at radius 2 is 1.65 bits per heavy atom. The number of ether oxygens (including phenoxy) is 3. The average Bonchev–Trinajstić information content (AvgIpc) is 4.29. The highest BCUT2D eigenvalue weighted by atomic mass is 19.1. The van der Waals surface area contributed by atoms with Crippen molar-refractivity contribution < 1.29 is 42.5 Å². The van der Waals surface area contributed by atoms with Gasteiger partial charge in [-0.15, -0.1) is 0 Å². The fourth-order valence-electron chi connectivity index (χ4n) is 14.2. The Labute approximate surface area is 458 Å². The normalized spacial score (nSPS) is 21.9. The van der Waals surface area contributed by atoms with Crippen molar-refractivity contribution in [2.75, 3.05) is 82.5 Å². The third-order valence-electron chi connectivity index (χ3n) is 18.4. The number of imide groups is 1. The number of rotatable bonds is 9. The standard InChI is InChI=1S/C34H37F2N5O3.C26H35N5O4/c1-2-23-25(35)8-6-20-16-22(42)17-24(27(20)23)30-29(36)31-28-26(37-30)9-7-21-18-43-15-5-14-41(21)32(28)39-33(38-31)44-19-34-10-3-12-40(34)13-4-11-34;1-29-22-16-19(3-4-20(22)24(28-29)21-5-6-23(32)27-25(21)33)30-11-7-17(8-12-30)15-18-9-13-31(14-10-18)26(34)35-2/h6,8,16-17,21,42H,2-5,7,9-15,18-19H2,1H3;3-4,16-18,21H,5-15H2,1-2H3,(H,27,32,33). The maximum absolute atomic E-state index is 17.0. The second-order valence-corrected chi connectivity index (χ2v) is 23.0. The van der Waals surface area contributed by atoms with Crippen LogP contribution in [0.2, 0.25) is 0 Å². The number of hydrogen-bond acceptors (Lipinski definition) is 14. The highest BCUT2D eigenvalue weighted by Gasteiger charge is 2.45. The Bertz CT molecular complexity index is 3310. The van der Waals surface area contributed by atoms with Crippen molar-refractivity contribution in [2.24, 2.45) is 18.9 Å². The molecule has 2 N–H and O–H groups in total. The summed E-state index contributed by atoms with van der Waals surface area (Å²) in [6, 6.07) is 12.7. The van der Waals surface area contributed by atoms with Gasteiger partial charge in [0.05, 0.1) is 53.5 Å². The molecule has 3 amide bonds. The van der Waals surface area contributed by atoms with E-state index in [9.17, 15) is 19.5 Å². The molecule has 0 radical (unpaired) electrons. The van der Waals surface area contributed by atoms with E-state index in [4.69, 9.17) is 29.2 Å². The van der Waals surface area contributed by atoms with Gasteiger partial charge in [0, 0.05) is 69.4 Å². The van der Waals surface area contributed by atoms with Crippen LogP contribution in [0.1, 0.15) is 113 Å². The molecule has 79 heavy (non-hydrogen) atoms. The second-order valence-electron chi connectivity index (χ2n) is 23.0. The number of hydrogen-bond donors (Lipinski definition) is 2. The van der Waals surface area contributed by atoms with Crippen molar-refractivity contribution in [1.82, 2.24) is 39.8 Å². The lowest BCUT2D eigenvalue weighted by molar-refractivity contribution is -0.134. The molecule has 7 aliphatic heterocycles. The predicted molar refractivity (Wildman–Crippen MR) is 296 cm³/mol. The van der Waals surface area contributed by atoms with Crippen LogP contribution < -0.4 is 19.9 Å². The fraction of sp³-hybridized carbons (Fsp3) is 0.550. The van der Waals surface area contributed by atoms with E-state index >= 15 is 8.78 Å². The lowest BCUT2D eigenvalue weighted by Crippen LogP contribution is -2.43. The van der Waals surface area contributed by atoms with Crippen molar-refractivity contribution in [2.45, 2.75) is 121 Å². The number of methoxy groups -OCH3 is 1. The zero-order valence-corrected chi connectivity index (χ0v) is 45.7. The smallest absolute Gasteiger partial charge is 0.409 e. The molecular weight excluding hydrogens is 1010 g/mol. The molecule has 3 aromatic heterocycles. The summed E-state index contributed by atoms with van der Waals surface area (Å²) in [5, 5.41) is 20.5. The number of aromatic hydroxyl groups is 1. The number of benzene rings is 3. The number of carbonyl (C=O) groups excluding carboxylic acids is 3. The number of nitrogens with one attached hydrogen (secondary N) is 1. The van der Waals surface area contributed by atoms with Gasteiger partial charge in [-0.25, -0.2) is 18.6 Å². The summed E-state index contributed by atoms with van der Waals surface area (Å²) in [7, 11) is 3.37. The summed E-state index contributed by atoms with van der Waals surface area (Å²) in [5.41, 5.74) is 4.65. The molecule has 6 aromatic rings. The van der Waals surface area contributed by atoms with E-state index < -0.39 is 5.82 Å². The van der Waals surface area contributed by atoms with Crippen molar-refractivity contribution in [1.29, 1.82) is 0 Å². The summed E-state index contributed by atoms with van der Waals surface area (Å²) < 4.78 is 51.1. The number of pyridine rings is 1. The number of anilines is 2. The number of fused-ring (bicyclic) bond motifs is 5. The molecule has 2 unspecified atom stereocenters. The van der Waals surface area contributed by atoms with E-state index in [1.165, 1.54) is 44.2 Å². The molecule has 17 nitrogen and oxygen atoms in total. The quantitative estimate of drug-likeness (QED) is 0.131. The lowest BCUT2D eigenvalue weighted by Gasteiger charge is -2.37. The van der Waals surface area contributed by atoms with Gasteiger partial charge in [-0.2, -0.15) is 15.1 Å². The van der Waals surface area contributed by atoms with Gasteiger partial charge in [0.2, 0.25) is 11.8 Å². The molecule has 0 bridgehead atoms. The fourth-order valence-corrected chi connectivity index (χ4v) is 14.2. The Morgan fingerprint density at radius 1 is 0.873 bits per heavy atom. The number of piperidine rings is 3. The SMILES string of the molecule is CCc1c(F)ccc2cc(O)cc(-c3nc4c5c(nc(OCC67CCCN6CCC7)nc5c3F)N3CCCOCC3CC4)c12.COC(=O)N1CCC(CC2CCN(c3ccc4c(C5CCC(=O)NC5=O)nn(C)c4c3)CC2)CC1. The van der Waals surface area contributed by atoms with Crippen LogP contribution in [-0.2, 0) is 39.0 Å². The number of phenolic OH excluding ortho intramolecular Hbond substituents is 1. The molecule has 418 valence electrons. The number of halogens is 2. The number of nitrogens with zero attached hydrogens (tertiary/aromatic N) is 9. The molecule has 2 atom stereocenters. The van der Waals surface area contributed by atoms with Crippen molar-refractivity contribution in [3.05, 3.63) is 71.1 Å². The van der Waals surface area contributed by atoms with E-state index in [1.807, 2.05) is 23.6 Å². The maximum Gasteiger partial charge on any atom is 0.409 e. The monoisotopic (exact) mass is 1080 g/mol. The number of phenols is 1. The van der Waals surface area contributed by atoms with Gasteiger partial charge in [-0.3, -0.25) is 24.5 Å². The number of aromatic nitrogens is 5. The first-order chi connectivity index (χ1) is 38.4. The Balaban J connectivity index is 0.000000162. The minimum atomic E-state index is -0.624. The zero-order valence-electron chi connectivity index (χ0n) is 45.7. The highest BCUT2D eigenvalue weighted by molar-refractivity contribution is 6.04. The Morgan fingerprint density at radius 3 is 2.39 bits per heavy atom. The summed E-state index contributed by atoms with van der Waals surface area (Å²) in [6.07, 6.45) is 13.4. The van der Waals surface area contributed by atoms with Crippen LogP contribution in [0.4, 0.5) is 25.1 Å². The van der Waals surface area contributed by atoms with Crippen LogP contribution in [-0.4, -0.2) is 142 Å². The minimum Gasteiger partial charge on any atom is -0.508 e. The number of aryl methyl sites for hydroxylation is 3. The topological polar surface area (TPSA) is 181 Å². The molecule has 3 aromatic carbocycles. The highest BCUT2D eigenvalue weighted by Crippen LogP contribution is 2.44. The van der Waals surface area contributed by atoms with Crippen LogP contribution in [0.15, 0.2) is 42.5 Å². The van der Waals surface area contributed by atoms with Gasteiger partial charge in [0.15, 0.2) is 5.82 Å². The van der Waals surface area contributed by atoms with E-state index in [2.05, 4.69) is 43.3 Å². The van der Waals surface area contributed by atoms with Gasteiger partial charge in [0.1, 0.15) is 35.2 Å². The summed E-state index contributed by atoms with van der Waals surface area (Å²) in [5.74, 6) is 0.213. The number of likely N-dealkylation sites (tertiary alicyclic amines) is 1. The van der Waals surface area contributed by atoms with Gasteiger partial charge in [0.25, 0.3) is 0 Å². The summed E-state index contributed by atoms with van der Waals surface area (Å²) in [6.45, 7) is 10.1. The largest absolute Gasteiger partial charge is 0.508 e. The first-order valence-corrected chi connectivity index (χ1v) is 28.8. The molecule has 0 spiro atoms. The minimum absolute atomic E-state index is 0.0143. The van der Waals surface area contributed by atoms with Crippen LogP contribution in [0.5, 0.6) is 11.8 Å². The molecule has 19 heteroatoms. The lowest BCUT2D eigenvalue weighted by atomic mass is 9.83. The Hall–Kier alpha value is -6.73. The van der Waals surface area contributed by atoms with Crippen LogP contribution in [0, 0.1) is 23.5 Å². The molecular formula is C60H72F2N10O7. The van der Waals surface area contributed by atoms with Crippen LogP contribution in [0.3, 0.4) is 0 Å².